The summed E-state index contributed by atoms with van der Waals surface area (Å²) < 4.78 is 0. The van der Waals surface area contributed by atoms with Gasteiger partial charge in [0.25, 0.3) is 0 Å². The Balaban J connectivity index is 1.18. The molecule has 1 aliphatic rings. The first-order valence-electron chi connectivity index (χ1n) is 17.4. The van der Waals surface area contributed by atoms with Crippen molar-refractivity contribution < 1.29 is 0 Å². The molecule has 240 valence electrons. The van der Waals surface area contributed by atoms with Crippen LogP contribution in [0.25, 0.3) is 43.4 Å². The molecular weight excluding hydrogens is 637 g/mol. The van der Waals surface area contributed by atoms with Crippen molar-refractivity contribution in [2.24, 2.45) is 0 Å². The Bertz CT molecular complexity index is 2690. The van der Waals surface area contributed by atoms with Crippen LogP contribution in [0.3, 0.4) is 0 Å². The van der Waals surface area contributed by atoms with Gasteiger partial charge in [-0.1, -0.05) is 133 Å². The molecule has 9 aromatic rings. The van der Waals surface area contributed by atoms with Gasteiger partial charge >= 0.3 is 0 Å². The smallest absolute Gasteiger partial charge is 0.0603 e. The molecule has 2 nitrogen and oxygen atoms in total. The number of para-hydroxylation sites is 3. The van der Waals surface area contributed by atoms with Crippen molar-refractivity contribution in [1.29, 1.82) is 0 Å². The van der Waals surface area contributed by atoms with E-state index in [0.717, 1.165) is 22.7 Å². The summed E-state index contributed by atoms with van der Waals surface area (Å²) in [5.41, 5.74) is 9.36. The van der Waals surface area contributed by atoms with Crippen LogP contribution in [0.5, 0.6) is 0 Å². The van der Waals surface area contributed by atoms with Crippen molar-refractivity contribution >= 4 is 78.2 Å². The number of rotatable bonds is 5. The number of nitrogens with zero attached hydrogens (tertiary/aromatic N) is 2. The predicted octanol–water partition coefficient (Wildman–Crippen LogP) is 14.2. The Morgan fingerprint density at radius 1 is 0.333 bits per heavy atom. The molecule has 51 heavy (non-hydrogen) atoms. The number of anilines is 6. The first-order chi connectivity index (χ1) is 25.3. The topological polar surface area (TPSA) is 6.48 Å². The van der Waals surface area contributed by atoms with E-state index in [1.54, 1.807) is 0 Å². The van der Waals surface area contributed by atoms with Gasteiger partial charge in [-0.2, -0.15) is 0 Å². The number of benzene rings is 9. The Morgan fingerprint density at radius 2 is 0.882 bits per heavy atom. The van der Waals surface area contributed by atoms with Crippen LogP contribution in [-0.4, -0.2) is 0 Å². The van der Waals surface area contributed by atoms with Gasteiger partial charge in [0.15, 0.2) is 0 Å². The van der Waals surface area contributed by atoms with Gasteiger partial charge in [-0.15, -0.1) is 0 Å². The normalized spacial score (nSPS) is 12.2. The highest BCUT2D eigenvalue weighted by Gasteiger charge is 2.27. The fraction of sp³-hybridized carbons (Fsp3) is 0. The lowest BCUT2D eigenvalue weighted by Gasteiger charge is -2.34. The number of hydrogen-bond donors (Lipinski definition) is 0. The molecule has 0 radical (unpaired) electrons. The minimum Gasteiger partial charge on any atom is -0.310 e. The monoisotopic (exact) mass is 668 g/mol. The van der Waals surface area contributed by atoms with E-state index in [-0.39, 0.29) is 0 Å². The lowest BCUT2D eigenvalue weighted by Crippen LogP contribution is -2.16. The van der Waals surface area contributed by atoms with Gasteiger partial charge < -0.3 is 9.80 Å². The zero-order valence-electron chi connectivity index (χ0n) is 27.8. The van der Waals surface area contributed by atoms with Gasteiger partial charge in [-0.05, 0) is 116 Å². The van der Waals surface area contributed by atoms with Gasteiger partial charge in [-0.25, -0.2) is 0 Å². The zero-order chi connectivity index (χ0) is 33.7. The second-order valence-corrected chi connectivity index (χ2v) is 14.0. The lowest BCUT2D eigenvalue weighted by atomic mass is 9.91. The molecular formula is C48H32N2S. The van der Waals surface area contributed by atoms with Gasteiger partial charge in [0.2, 0.25) is 0 Å². The van der Waals surface area contributed by atoms with Crippen molar-refractivity contribution in [3.63, 3.8) is 0 Å². The maximum atomic E-state index is 2.45. The third kappa shape index (κ3) is 5.05. The summed E-state index contributed by atoms with van der Waals surface area (Å²) in [4.78, 5) is 7.24. The van der Waals surface area contributed by atoms with Crippen LogP contribution in [-0.2, 0) is 0 Å². The standard InChI is InChI=1S/C48H32N2S/c1-4-14-33(15-5-1)34-24-27-41-39-20-10-11-21-40(39)42-28-25-37(31-44(42)43(41)30-34)50-45-22-12-13-23-47(45)51-48-32-38(26-29-46(48)50)49(35-16-6-2-7-17-35)36-18-8-3-9-19-36/h1-32H. The van der Waals surface area contributed by atoms with Crippen LogP contribution >= 0.6 is 11.8 Å². The number of hydrogen-bond acceptors (Lipinski definition) is 3. The van der Waals surface area contributed by atoms with Gasteiger partial charge in [0.05, 0.1) is 11.4 Å². The SMILES string of the molecule is c1ccc(-c2ccc3c4ccccc4c4ccc(N5c6ccccc6Sc6cc(N(c7ccccc7)c7ccccc7)ccc65)cc4c3c2)cc1. The summed E-state index contributed by atoms with van der Waals surface area (Å²) >= 11 is 1.84. The second kappa shape index (κ2) is 12.2. The van der Waals surface area contributed by atoms with E-state index < -0.39 is 0 Å². The summed E-state index contributed by atoms with van der Waals surface area (Å²) in [6.45, 7) is 0. The zero-order valence-corrected chi connectivity index (χ0v) is 28.6. The molecule has 10 rings (SSSR count). The van der Waals surface area contributed by atoms with Gasteiger partial charge in [-0.3, -0.25) is 0 Å². The molecule has 9 aromatic carbocycles. The molecule has 0 aromatic heterocycles. The summed E-state index contributed by atoms with van der Waals surface area (Å²) in [6, 6.07) is 70.4. The first-order valence-corrected chi connectivity index (χ1v) is 18.2. The lowest BCUT2D eigenvalue weighted by molar-refractivity contribution is 1.16. The number of fused-ring (bicyclic) bond motifs is 8. The van der Waals surface area contributed by atoms with Crippen LogP contribution in [0.15, 0.2) is 204 Å². The Hall–Kier alpha value is -6.29. The maximum absolute atomic E-state index is 2.45. The van der Waals surface area contributed by atoms with Crippen molar-refractivity contribution in [1.82, 2.24) is 0 Å². The van der Waals surface area contributed by atoms with Gasteiger partial charge in [0.1, 0.15) is 0 Å². The molecule has 0 saturated heterocycles. The molecule has 0 atom stereocenters. The van der Waals surface area contributed by atoms with Crippen LogP contribution in [0.4, 0.5) is 34.1 Å². The van der Waals surface area contributed by atoms with E-state index >= 15 is 0 Å². The molecule has 1 heterocycles. The van der Waals surface area contributed by atoms with Crippen molar-refractivity contribution in [3.8, 4) is 11.1 Å². The molecule has 0 spiro atoms. The highest BCUT2D eigenvalue weighted by molar-refractivity contribution is 7.99. The Morgan fingerprint density at radius 3 is 1.59 bits per heavy atom. The maximum Gasteiger partial charge on any atom is 0.0603 e. The molecule has 0 fully saturated rings. The van der Waals surface area contributed by atoms with Crippen LogP contribution in [0.1, 0.15) is 0 Å². The predicted molar refractivity (Wildman–Crippen MR) is 218 cm³/mol. The fourth-order valence-electron chi connectivity index (χ4n) is 7.66. The van der Waals surface area contributed by atoms with Crippen molar-refractivity contribution in [2.45, 2.75) is 9.79 Å². The molecule has 0 bridgehead atoms. The quantitative estimate of drug-likeness (QED) is 0.169. The van der Waals surface area contributed by atoms with E-state index in [4.69, 9.17) is 0 Å². The minimum absolute atomic E-state index is 1.13. The van der Waals surface area contributed by atoms with E-state index in [2.05, 4.69) is 204 Å². The third-order valence-electron chi connectivity index (χ3n) is 9.98. The molecule has 0 amide bonds. The van der Waals surface area contributed by atoms with Crippen LogP contribution in [0.2, 0.25) is 0 Å². The first kappa shape index (κ1) is 29.6. The molecule has 0 unspecified atom stereocenters. The average Bonchev–Trinajstić information content (AvgIpc) is 3.21. The van der Waals surface area contributed by atoms with Crippen LogP contribution < -0.4 is 9.80 Å². The van der Waals surface area contributed by atoms with E-state index in [1.165, 1.54) is 64.6 Å². The molecule has 1 aliphatic heterocycles. The average molecular weight is 669 g/mol. The summed E-state index contributed by atoms with van der Waals surface area (Å²) in [6.07, 6.45) is 0. The largest absolute Gasteiger partial charge is 0.310 e. The van der Waals surface area contributed by atoms with Crippen molar-refractivity contribution in [3.05, 3.63) is 194 Å². The van der Waals surface area contributed by atoms with Crippen LogP contribution in [0, 0.1) is 0 Å². The van der Waals surface area contributed by atoms with E-state index in [1.807, 2.05) is 11.8 Å². The summed E-state index contributed by atoms with van der Waals surface area (Å²) in [7, 11) is 0. The fourth-order valence-corrected chi connectivity index (χ4v) is 8.75. The molecule has 0 saturated carbocycles. The second-order valence-electron chi connectivity index (χ2n) is 13.0. The Labute approximate surface area is 301 Å². The van der Waals surface area contributed by atoms with E-state index in [9.17, 15) is 0 Å². The minimum atomic E-state index is 1.13. The van der Waals surface area contributed by atoms with Gasteiger partial charge in [0, 0.05) is 32.5 Å². The highest BCUT2D eigenvalue weighted by Crippen LogP contribution is 2.53. The Kier molecular flexibility index (Phi) is 7.11. The molecule has 0 N–H and O–H groups in total. The third-order valence-corrected chi connectivity index (χ3v) is 11.1. The molecule has 0 aliphatic carbocycles. The molecule has 3 heteroatoms. The summed E-state index contributed by atoms with van der Waals surface area (Å²) in [5, 5.41) is 7.63. The van der Waals surface area contributed by atoms with E-state index in [0.29, 0.717) is 0 Å². The highest BCUT2D eigenvalue weighted by atomic mass is 32.2. The van der Waals surface area contributed by atoms with Crippen molar-refractivity contribution in [2.75, 3.05) is 9.80 Å². The summed E-state index contributed by atoms with van der Waals surface area (Å²) in [5.74, 6) is 0.